The van der Waals surface area contributed by atoms with Gasteiger partial charge in [0.25, 0.3) is 0 Å². The second-order valence-electron chi connectivity index (χ2n) is 8.79. The van der Waals surface area contributed by atoms with Gasteiger partial charge in [-0.2, -0.15) is 0 Å². The third kappa shape index (κ3) is 6.58. The Bertz CT molecular complexity index is 843. The van der Waals surface area contributed by atoms with Gasteiger partial charge in [0.15, 0.2) is 0 Å². The van der Waals surface area contributed by atoms with Crippen LogP contribution < -0.4 is 10.6 Å². The fourth-order valence-electron chi connectivity index (χ4n) is 4.13. The summed E-state index contributed by atoms with van der Waals surface area (Å²) in [6.07, 6.45) is 3.90. The van der Waals surface area contributed by atoms with E-state index in [9.17, 15) is 9.59 Å². The molecule has 0 saturated carbocycles. The molecule has 2 N–H and O–H groups in total. The number of carbonyl (C=O) groups excluding carboxylic acids is 2. The van der Waals surface area contributed by atoms with Crippen LogP contribution in [0.5, 0.6) is 0 Å². The second kappa shape index (κ2) is 11.0. The topological polar surface area (TPSA) is 61.4 Å². The highest BCUT2D eigenvalue weighted by Gasteiger charge is 2.32. The summed E-state index contributed by atoms with van der Waals surface area (Å²) < 4.78 is 0. The number of nitrogens with zero attached hydrogens (tertiary/aromatic N) is 1. The zero-order valence-corrected chi connectivity index (χ0v) is 18.9. The number of likely N-dealkylation sites (tertiary alicyclic amines) is 1. The minimum atomic E-state index is -0.513. The zero-order valence-electron chi connectivity index (χ0n) is 18.9. The third-order valence-electron chi connectivity index (χ3n) is 6.37. The summed E-state index contributed by atoms with van der Waals surface area (Å²) in [5, 5.41) is 5.79. The van der Waals surface area contributed by atoms with Crippen molar-refractivity contribution in [1.82, 2.24) is 10.2 Å². The molecule has 3 amide bonds. The first-order valence-electron chi connectivity index (χ1n) is 11.4. The van der Waals surface area contributed by atoms with Crippen molar-refractivity contribution < 1.29 is 9.59 Å². The second-order valence-corrected chi connectivity index (χ2v) is 8.79. The van der Waals surface area contributed by atoms with E-state index in [1.54, 1.807) is 0 Å². The Morgan fingerprint density at radius 1 is 1.03 bits per heavy atom. The van der Waals surface area contributed by atoms with Gasteiger partial charge in [-0.05, 0) is 55.7 Å². The molecule has 5 nitrogen and oxygen atoms in total. The molecule has 3 rings (SSSR count). The molecule has 166 valence electrons. The molecule has 1 fully saturated rings. The van der Waals surface area contributed by atoms with E-state index in [-0.39, 0.29) is 17.9 Å². The van der Waals surface area contributed by atoms with Crippen LogP contribution in [0.25, 0.3) is 0 Å². The van der Waals surface area contributed by atoms with E-state index in [2.05, 4.69) is 41.8 Å². The summed E-state index contributed by atoms with van der Waals surface area (Å²) in [5.41, 5.74) is 3.22. The highest BCUT2D eigenvalue weighted by atomic mass is 16.2. The number of rotatable bonds is 7. The minimum Gasteiger partial charge on any atom is -0.341 e. The fourth-order valence-corrected chi connectivity index (χ4v) is 4.13. The highest BCUT2D eigenvalue weighted by Crippen LogP contribution is 2.23. The van der Waals surface area contributed by atoms with Crippen molar-refractivity contribution in [3.63, 3.8) is 0 Å². The summed E-state index contributed by atoms with van der Waals surface area (Å²) >= 11 is 0. The Kier molecular flexibility index (Phi) is 8.10. The first-order valence-corrected chi connectivity index (χ1v) is 11.4. The predicted octanol–water partition coefficient (Wildman–Crippen LogP) is 5.01. The monoisotopic (exact) mass is 421 g/mol. The lowest BCUT2D eigenvalue weighted by molar-refractivity contribution is -0.135. The molecular weight excluding hydrogens is 386 g/mol. The van der Waals surface area contributed by atoms with Gasteiger partial charge >= 0.3 is 6.03 Å². The summed E-state index contributed by atoms with van der Waals surface area (Å²) in [6.45, 7) is 7.59. The molecule has 2 aromatic rings. The molecular formula is C26H35N3O2. The minimum absolute atomic E-state index is 0.0339. The van der Waals surface area contributed by atoms with Crippen LogP contribution in [0.3, 0.4) is 0 Å². The fraction of sp³-hybridized carbons (Fsp3) is 0.462. The average Bonchev–Trinajstić information content (AvgIpc) is 2.79. The van der Waals surface area contributed by atoms with Crippen LogP contribution in [-0.2, 0) is 11.2 Å². The first-order chi connectivity index (χ1) is 15.0. The van der Waals surface area contributed by atoms with Crippen molar-refractivity contribution in [2.45, 2.75) is 52.5 Å². The number of piperidine rings is 1. The average molecular weight is 422 g/mol. The lowest BCUT2D eigenvalue weighted by Crippen LogP contribution is -2.54. The largest absolute Gasteiger partial charge is 0.341 e. The summed E-state index contributed by atoms with van der Waals surface area (Å²) in [6, 6.07) is 17.3. The van der Waals surface area contributed by atoms with Gasteiger partial charge in [0.05, 0.1) is 0 Å². The summed E-state index contributed by atoms with van der Waals surface area (Å²) in [4.78, 5) is 27.8. The quantitative estimate of drug-likeness (QED) is 0.660. The van der Waals surface area contributed by atoms with Gasteiger partial charge < -0.3 is 15.5 Å². The van der Waals surface area contributed by atoms with Gasteiger partial charge in [0.2, 0.25) is 5.91 Å². The van der Waals surface area contributed by atoms with E-state index in [0.29, 0.717) is 5.92 Å². The molecule has 1 aliphatic heterocycles. The predicted molar refractivity (Wildman–Crippen MR) is 126 cm³/mol. The summed E-state index contributed by atoms with van der Waals surface area (Å²) in [5.74, 6) is 0.705. The molecule has 1 heterocycles. The number of hydrogen-bond donors (Lipinski definition) is 2. The smallest absolute Gasteiger partial charge is 0.319 e. The SMILES string of the molecule is CC[C@H](C)[C@@H](NC(=O)Nc1ccc(C)cc1)C(=O)N1CCC(Cc2ccccc2)CC1. The van der Waals surface area contributed by atoms with Gasteiger partial charge in [0.1, 0.15) is 6.04 Å². The van der Waals surface area contributed by atoms with Crippen LogP contribution in [0, 0.1) is 18.8 Å². The number of urea groups is 1. The van der Waals surface area contributed by atoms with E-state index in [0.717, 1.165) is 50.0 Å². The molecule has 1 saturated heterocycles. The van der Waals surface area contributed by atoms with E-state index in [1.165, 1.54) is 5.56 Å². The molecule has 31 heavy (non-hydrogen) atoms. The van der Waals surface area contributed by atoms with Gasteiger partial charge in [0, 0.05) is 18.8 Å². The number of hydrogen-bond acceptors (Lipinski definition) is 2. The number of benzene rings is 2. The molecule has 0 bridgehead atoms. The van der Waals surface area contributed by atoms with Gasteiger partial charge in [-0.3, -0.25) is 4.79 Å². The lowest BCUT2D eigenvalue weighted by Gasteiger charge is -2.36. The van der Waals surface area contributed by atoms with Crippen molar-refractivity contribution in [2.75, 3.05) is 18.4 Å². The van der Waals surface area contributed by atoms with Crippen molar-refractivity contribution >= 4 is 17.6 Å². The third-order valence-corrected chi connectivity index (χ3v) is 6.37. The van der Waals surface area contributed by atoms with Crippen LogP contribution in [0.15, 0.2) is 54.6 Å². The Balaban J connectivity index is 1.55. The Morgan fingerprint density at radius 2 is 1.68 bits per heavy atom. The normalized spacial score (nSPS) is 16.4. The maximum Gasteiger partial charge on any atom is 0.319 e. The van der Waals surface area contributed by atoms with Crippen molar-refractivity contribution in [3.05, 3.63) is 65.7 Å². The molecule has 0 spiro atoms. The van der Waals surface area contributed by atoms with Crippen LogP contribution >= 0.6 is 0 Å². The van der Waals surface area contributed by atoms with Gasteiger partial charge in [-0.1, -0.05) is 68.3 Å². The molecule has 2 atom stereocenters. The van der Waals surface area contributed by atoms with Gasteiger partial charge in [-0.15, -0.1) is 0 Å². The van der Waals surface area contributed by atoms with Crippen LogP contribution in [0.1, 0.15) is 44.2 Å². The molecule has 5 heteroatoms. The molecule has 1 aliphatic rings. The van der Waals surface area contributed by atoms with Gasteiger partial charge in [-0.25, -0.2) is 4.79 Å². The molecule has 0 aliphatic carbocycles. The summed E-state index contributed by atoms with van der Waals surface area (Å²) in [7, 11) is 0. The van der Waals surface area contributed by atoms with Crippen LogP contribution in [0.2, 0.25) is 0 Å². The molecule has 0 aromatic heterocycles. The number of aryl methyl sites for hydroxylation is 1. The van der Waals surface area contributed by atoms with Crippen molar-refractivity contribution in [3.8, 4) is 0 Å². The maximum absolute atomic E-state index is 13.3. The molecule has 2 aromatic carbocycles. The first kappa shape index (κ1) is 22.9. The Morgan fingerprint density at radius 3 is 2.29 bits per heavy atom. The standard InChI is InChI=1S/C26H35N3O2/c1-4-20(3)24(28-26(31)27-23-12-10-19(2)11-13-23)25(30)29-16-14-22(15-17-29)18-21-8-6-5-7-9-21/h5-13,20,22,24H,4,14-18H2,1-3H3,(H2,27,28,31)/t20-,24+/m0/s1. The number of carbonyl (C=O) groups is 2. The van der Waals surface area contributed by atoms with E-state index < -0.39 is 6.04 Å². The molecule has 0 unspecified atom stereocenters. The van der Waals surface area contributed by atoms with E-state index in [1.807, 2.05) is 49.1 Å². The Hall–Kier alpha value is -2.82. The maximum atomic E-state index is 13.3. The number of amides is 3. The zero-order chi connectivity index (χ0) is 22.2. The number of anilines is 1. The Labute approximate surface area is 186 Å². The van der Waals surface area contributed by atoms with E-state index in [4.69, 9.17) is 0 Å². The van der Waals surface area contributed by atoms with E-state index >= 15 is 0 Å². The van der Waals surface area contributed by atoms with Crippen molar-refractivity contribution in [2.24, 2.45) is 11.8 Å². The molecule has 0 radical (unpaired) electrons. The van der Waals surface area contributed by atoms with Crippen molar-refractivity contribution in [1.29, 1.82) is 0 Å². The highest BCUT2D eigenvalue weighted by molar-refractivity contribution is 5.93. The lowest BCUT2D eigenvalue weighted by atomic mass is 9.89. The number of nitrogens with one attached hydrogen (secondary N) is 2. The van der Waals surface area contributed by atoms with Crippen LogP contribution in [-0.4, -0.2) is 36.0 Å². The van der Waals surface area contributed by atoms with Crippen LogP contribution in [0.4, 0.5) is 10.5 Å².